The summed E-state index contributed by atoms with van der Waals surface area (Å²) in [7, 11) is 0. The minimum atomic E-state index is -4.54. The summed E-state index contributed by atoms with van der Waals surface area (Å²) >= 11 is 3.27. The van der Waals surface area contributed by atoms with E-state index in [0.29, 0.717) is 10.0 Å². The molecule has 1 aliphatic rings. The van der Waals surface area contributed by atoms with Crippen molar-refractivity contribution < 1.29 is 37.7 Å². The molecule has 3 N–H and O–H groups in total. The Morgan fingerprint density at radius 2 is 1.85 bits per heavy atom. The van der Waals surface area contributed by atoms with Crippen molar-refractivity contribution in [3.8, 4) is 11.5 Å². The van der Waals surface area contributed by atoms with Gasteiger partial charge in [0.15, 0.2) is 0 Å². The van der Waals surface area contributed by atoms with Crippen molar-refractivity contribution in [3.05, 3.63) is 67.9 Å². The number of benzene rings is 2. The molecular weight excluding hydrogens is 513 g/mol. The summed E-state index contributed by atoms with van der Waals surface area (Å²) in [5.41, 5.74) is -2.07. The number of alkyl halides is 3. The van der Waals surface area contributed by atoms with Gasteiger partial charge in [0.25, 0.3) is 11.5 Å². The highest BCUT2D eigenvalue weighted by atomic mass is 79.9. The average Bonchev–Trinajstić information content (AvgIpc) is 2.75. The molecule has 1 atom stereocenters. The molecule has 0 bridgehead atoms. The van der Waals surface area contributed by atoms with Gasteiger partial charge < -0.3 is 20.3 Å². The van der Waals surface area contributed by atoms with Crippen LogP contribution < -0.4 is 15.6 Å². The van der Waals surface area contributed by atoms with E-state index in [4.69, 9.17) is 9.84 Å². The molecule has 0 aliphatic carbocycles. The third-order valence-corrected chi connectivity index (χ3v) is 5.86. The minimum Gasteiger partial charge on any atom is -0.506 e. The van der Waals surface area contributed by atoms with Crippen LogP contribution >= 0.6 is 15.9 Å². The monoisotopic (exact) mass is 526 g/mol. The number of hydrogen-bond donors (Lipinski definition) is 3. The van der Waals surface area contributed by atoms with E-state index in [0.717, 1.165) is 16.7 Å². The Morgan fingerprint density at radius 3 is 2.45 bits per heavy atom. The maximum absolute atomic E-state index is 13.4. The van der Waals surface area contributed by atoms with Crippen LogP contribution in [0.15, 0.2) is 45.7 Å². The standard InChI is InChI=1S/C21H14BrF3N2O6/c22-11-5-6-13-17-15(11)18(30)16(19(31)26-7-14(28)29)20(32)27(17)12(8-33-13)9-1-3-10(4-2-9)21(23,24)25/h1-6,12,30H,7-8H2,(H,26,31)(H,28,29). The smallest absolute Gasteiger partial charge is 0.416 e. The Kier molecular flexibility index (Phi) is 5.56. The number of rotatable bonds is 4. The summed E-state index contributed by atoms with van der Waals surface area (Å²) in [6.45, 7) is -0.918. The summed E-state index contributed by atoms with van der Waals surface area (Å²) in [6.07, 6.45) is -4.54. The van der Waals surface area contributed by atoms with Crippen LogP contribution in [-0.2, 0) is 11.0 Å². The Balaban J connectivity index is 1.96. The number of carbonyl (C=O) groups excluding carboxylic acids is 1. The van der Waals surface area contributed by atoms with E-state index in [2.05, 4.69) is 15.9 Å². The summed E-state index contributed by atoms with van der Waals surface area (Å²) < 4.78 is 46.1. The van der Waals surface area contributed by atoms with Gasteiger partial charge in [-0.25, -0.2) is 0 Å². The molecule has 2 aromatic carbocycles. The number of ether oxygens (including phenoxy) is 1. The number of aromatic nitrogens is 1. The largest absolute Gasteiger partial charge is 0.506 e. The van der Waals surface area contributed by atoms with Gasteiger partial charge in [0.1, 0.15) is 30.2 Å². The van der Waals surface area contributed by atoms with E-state index in [-0.39, 0.29) is 23.3 Å². The van der Waals surface area contributed by atoms with Gasteiger partial charge in [-0.05, 0) is 45.8 Å². The lowest BCUT2D eigenvalue weighted by atomic mass is 10.0. The highest BCUT2D eigenvalue weighted by Gasteiger charge is 2.34. The first-order valence-corrected chi connectivity index (χ1v) is 10.2. The second-order valence-corrected chi connectivity index (χ2v) is 8.05. The number of carboxylic acids is 1. The zero-order valence-corrected chi connectivity index (χ0v) is 18.0. The van der Waals surface area contributed by atoms with Crippen LogP contribution in [0.5, 0.6) is 11.5 Å². The van der Waals surface area contributed by atoms with Crippen molar-refractivity contribution in [2.75, 3.05) is 13.2 Å². The number of carboxylic acid groups (broad SMARTS) is 1. The molecular formula is C21H14BrF3N2O6. The first kappa shape index (κ1) is 22.6. The zero-order valence-electron chi connectivity index (χ0n) is 16.4. The van der Waals surface area contributed by atoms with E-state index < -0.39 is 53.1 Å². The van der Waals surface area contributed by atoms with Crippen molar-refractivity contribution in [1.29, 1.82) is 0 Å². The van der Waals surface area contributed by atoms with Crippen LogP contribution in [0.4, 0.5) is 13.2 Å². The average molecular weight is 527 g/mol. The number of aliphatic carboxylic acids is 1. The molecule has 0 saturated heterocycles. The lowest BCUT2D eigenvalue weighted by Gasteiger charge is -2.30. The number of halogens is 4. The van der Waals surface area contributed by atoms with Crippen LogP contribution in [-0.4, -0.2) is 39.8 Å². The highest BCUT2D eigenvalue weighted by molar-refractivity contribution is 9.10. The minimum absolute atomic E-state index is 0.0594. The molecule has 0 radical (unpaired) electrons. The quantitative estimate of drug-likeness (QED) is 0.480. The van der Waals surface area contributed by atoms with Gasteiger partial charge >= 0.3 is 12.1 Å². The van der Waals surface area contributed by atoms with Gasteiger partial charge in [-0.15, -0.1) is 0 Å². The van der Waals surface area contributed by atoms with Crippen LogP contribution in [0.2, 0.25) is 0 Å². The molecule has 0 spiro atoms. The van der Waals surface area contributed by atoms with Crippen LogP contribution in [0.1, 0.15) is 27.5 Å². The van der Waals surface area contributed by atoms with Crippen LogP contribution in [0, 0.1) is 0 Å². The maximum Gasteiger partial charge on any atom is 0.416 e. The van der Waals surface area contributed by atoms with Crippen molar-refractivity contribution in [1.82, 2.24) is 9.88 Å². The van der Waals surface area contributed by atoms with E-state index in [1.54, 1.807) is 0 Å². The van der Waals surface area contributed by atoms with Gasteiger partial charge in [0, 0.05) is 4.47 Å². The number of nitrogens with zero attached hydrogens (tertiary/aromatic N) is 1. The molecule has 1 aromatic heterocycles. The van der Waals surface area contributed by atoms with E-state index in [1.807, 2.05) is 5.32 Å². The normalized spacial score (nSPS) is 15.2. The summed E-state index contributed by atoms with van der Waals surface area (Å²) in [6, 6.07) is 6.29. The lowest BCUT2D eigenvalue weighted by Crippen LogP contribution is -2.39. The number of carbonyl (C=O) groups is 2. The fourth-order valence-electron chi connectivity index (χ4n) is 3.71. The molecule has 4 rings (SSSR count). The summed E-state index contributed by atoms with van der Waals surface area (Å²) in [5.74, 6) is -2.93. The number of hydrogen-bond acceptors (Lipinski definition) is 5. The SMILES string of the molecule is O=C(O)CNC(=O)c1c(O)c2c(Br)ccc3c2n(c1=O)C(c1ccc(C(F)(F)F)cc1)CO3. The number of nitrogens with one attached hydrogen (secondary N) is 1. The Morgan fingerprint density at radius 1 is 1.18 bits per heavy atom. The zero-order chi connectivity index (χ0) is 24.1. The fourth-order valence-corrected chi connectivity index (χ4v) is 4.21. The predicted octanol–water partition coefficient (Wildman–Crippen LogP) is 3.28. The fraction of sp³-hybridized carbons (Fsp3) is 0.190. The predicted molar refractivity (Wildman–Crippen MR) is 113 cm³/mol. The number of amides is 1. The van der Waals surface area contributed by atoms with Crippen molar-refractivity contribution in [2.24, 2.45) is 0 Å². The van der Waals surface area contributed by atoms with Crippen LogP contribution in [0.25, 0.3) is 10.9 Å². The first-order valence-electron chi connectivity index (χ1n) is 9.40. The van der Waals surface area contributed by atoms with Gasteiger partial charge in [0.05, 0.1) is 22.5 Å². The van der Waals surface area contributed by atoms with Crippen molar-refractivity contribution in [2.45, 2.75) is 12.2 Å². The second kappa shape index (κ2) is 8.10. The first-order chi connectivity index (χ1) is 15.5. The Hall–Kier alpha value is -3.54. The topological polar surface area (TPSA) is 118 Å². The molecule has 0 fully saturated rings. The van der Waals surface area contributed by atoms with E-state index in [9.17, 15) is 32.7 Å². The molecule has 2 heterocycles. The lowest BCUT2D eigenvalue weighted by molar-refractivity contribution is -0.138. The van der Waals surface area contributed by atoms with Crippen molar-refractivity contribution in [3.63, 3.8) is 0 Å². The molecule has 1 unspecified atom stereocenters. The summed E-state index contributed by atoms with van der Waals surface area (Å²) in [5, 5.41) is 21.7. The highest BCUT2D eigenvalue weighted by Crippen LogP contribution is 2.42. The van der Waals surface area contributed by atoms with Gasteiger partial charge in [0.2, 0.25) is 0 Å². The van der Waals surface area contributed by atoms with Gasteiger partial charge in [-0.3, -0.25) is 19.0 Å². The number of aromatic hydroxyl groups is 1. The molecule has 3 aromatic rings. The molecule has 33 heavy (non-hydrogen) atoms. The van der Waals surface area contributed by atoms with E-state index in [1.165, 1.54) is 24.3 Å². The molecule has 172 valence electrons. The Labute approximate surface area is 191 Å². The third-order valence-electron chi connectivity index (χ3n) is 5.20. The molecule has 1 aliphatic heterocycles. The molecule has 0 saturated carbocycles. The van der Waals surface area contributed by atoms with Gasteiger partial charge in [-0.2, -0.15) is 13.2 Å². The van der Waals surface area contributed by atoms with E-state index >= 15 is 0 Å². The molecule has 12 heteroatoms. The molecule has 1 amide bonds. The third kappa shape index (κ3) is 3.90. The van der Waals surface area contributed by atoms with Gasteiger partial charge in [-0.1, -0.05) is 12.1 Å². The Bertz CT molecular complexity index is 1350. The van der Waals surface area contributed by atoms with Crippen molar-refractivity contribution >= 4 is 38.7 Å². The summed E-state index contributed by atoms with van der Waals surface area (Å²) in [4.78, 5) is 36.8. The molecule has 8 nitrogen and oxygen atoms in total. The van der Waals surface area contributed by atoms with Crippen LogP contribution in [0.3, 0.4) is 0 Å². The number of pyridine rings is 1. The second-order valence-electron chi connectivity index (χ2n) is 7.19. The maximum atomic E-state index is 13.4.